The van der Waals surface area contributed by atoms with E-state index in [-0.39, 0.29) is 18.4 Å². The number of piperazine rings is 1. The molecule has 0 aromatic heterocycles. The first-order valence-electron chi connectivity index (χ1n) is 8.16. The van der Waals surface area contributed by atoms with Crippen LogP contribution in [0.4, 0.5) is 5.69 Å². The third kappa shape index (κ3) is 3.12. The number of hydrogen-bond donors (Lipinski definition) is 1. The highest BCUT2D eigenvalue weighted by molar-refractivity contribution is 5.99. The summed E-state index contributed by atoms with van der Waals surface area (Å²) in [5.74, 6) is -0.470. The second-order valence-electron chi connectivity index (χ2n) is 6.35. The lowest BCUT2D eigenvalue weighted by molar-refractivity contribution is -0.124. The zero-order chi connectivity index (χ0) is 17.3. The molecule has 2 aliphatic rings. The number of anilines is 1. The minimum Gasteiger partial charge on any atom is -0.368 e. The molecule has 7 heteroatoms. The van der Waals surface area contributed by atoms with E-state index in [1.165, 1.54) is 0 Å². The second kappa shape index (κ2) is 6.60. The molecule has 3 amide bonds. The Balaban J connectivity index is 1.78. The number of primary amides is 1. The minimum atomic E-state index is -0.467. The number of likely N-dealkylation sites (N-methyl/N-ethyl adjacent to an activating group) is 1. The summed E-state index contributed by atoms with van der Waals surface area (Å²) in [6.07, 6.45) is 1.40. The Labute approximate surface area is 141 Å². The van der Waals surface area contributed by atoms with Gasteiger partial charge >= 0.3 is 0 Å². The molecular weight excluding hydrogens is 308 g/mol. The van der Waals surface area contributed by atoms with Crippen molar-refractivity contribution in [2.75, 3.05) is 38.1 Å². The maximum atomic E-state index is 12.8. The van der Waals surface area contributed by atoms with Crippen LogP contribution in [0.3, 0.4) is 0 Å². The number of rotatable bonds is 3. The van der Waals surface area contributed by atoms with Crippen LogP contribution in [0.5, 0.6) is 0 Å². The van der Waals surface area contributed by atoms with Crippen LogP contribution >= 0.6 is 0 Å². The highest BCUT2D eigenvalue weighted by Crippen LogP contribution is 2.23. The third-order valence-electron chi connectivity index (χ3n) is 4.74. The Morgan fingerprint density at radius 3 is 2.67 bits per heavy atom. The normalized spacial score (nSPS) is 22.0. The maximum absolute atomic E-state index is 12.8. The molecule has 1 aromatic rings. The van der Waals surface area contributed by atoms with Crippen molar-refractivity contribution in [1.82, 2.24) is 9.80 Å². The molecule has 1 aromatic carbocycles. The van der Waals surface area contributed by atoms with Gasteiger partial charge in [0.2, 0.25) is 11.8 Å². The number of carbonyl (C=O) groups is 3. The van der Waals surface area contributed by atoms with Gasteiger partial charge in [-0.3, -0.25) is 19.3 Å². The molecule has 0 radical (unpaired) electrons. The number of nitrogens with zero attached hydrogens (tertiary/aromatic N) is 3. The number of amides is 3. The van der Waals surface area contributed by atoms with Crippen LogP contribution in [0.2, 0.25) is 0 Å². The molecule has 0 saturated carbocycles. The summed E-state index contributed by atoms with van der Waals surface area (Å²) in [4.78, 5) is 41.4. The Morgan fingerprint density at radius 1 is 1.21 bits per heavy atom. The molecule has 1 unspecified atom stereocenters. The molecule has 2 heterocycles. The fourth-order valence-electron chi connectivity index (χ4n) is 3.28. The van der Waals surface area contributed by atoms with Gasteiger partial charge in [-0.25, -0.2) is 0 Å². The van der Waals surface area contributed by atoms with E-state index in [9.17, 15) is 14.4 Å². The average molecular weight is 330 g/mol. The third-order valence-corrected chi connectivity index (χ3v) is 4.74. The Morgan fingerprint density at radius 2 is 2.00 bits per heavy atom. The van der Waals surface area contributed by atoms with Gasteiger partial charge in [0, 0.05) is 43.9 Å². The molecule has 1 atom stereocenters. The van der Waals surface area contributed by atoms with E-state index in [1.807, 2.05) is 18.0 Å². The van der Waals surface area contributed by atoms with Gasteiger partial charge in [-0.2, -0.15) is 0 Å². The lowest BCUT2D eigenvalue weighted by Crippen LogP contribution is -2.57. The van der Waals surface area contributed by atoms with E-state index in [4.69, 9.17) is 5.73 Å². The van der Waals surface area contributed by atoms with Crippen LogP contribution in [0, 0.1) is 0 Å². The summed E-state index contributed by atoms with van der Waals surface area (Å²) in [6.45, 7) is 2.13. The van der Waals surface area contributed by atoms with Crippen LogP contribution in [-0.2, 0) is 9.59 Å². The van der Waals surface area contributed by atoms with Gasteiger partial charge in [0.1, 0.15) is 6.04 Å². The molecule has 0 spiro atoms. The minimum absolute atomic E-state index is 0.0907. The van der Waals surface area contributed by atoms with Crippen molar-refractivity contribution in [3.05, 3.63) is 29.8 Å². The first kappa shape index (κ1) is 16.4. The van der Waals surface area contributed by atoms with Crippen molar-refractivity contribution in [3.63, 3.8) is 0 Å². The number of hydrogen-bond acceptors (Lipinski definition) is 4. The van der Waals surface area contributed by atoms with E-state index >= 15 is 0 Å². The summed E-state index contributed by atoms with van der Waals surface area (Å²) in [7, 11) is 1.83. The number of nitrogens with two attached hydrogens (primary N) is 1. The maximum Gasteiger partial charge on any atom is 0.254 e. The lowest BCUT2D eigenvalue weighted by atomic mass is 10.1. The molecule has 0 aliphatic carbocycles. The van der Waals surface area contributed by atoms with Gasteiger partial charge in [0.05, 0.1) is 0 Å². The molecule has 7 nitrogen and oxygen atoms in total. The quantitative estimate of drug-likeness (QED) is 0.849. The topological polar surface area (TPSA) is 86.9 Å². The number of benzene rings is 1. The van der Waals surface area contributed by atoms with Crippen LogP contribution in [0.1, 0.15) is 23.2 Å². The summed E-state index contributed by atoms with van der Waals surface area (Å²) in [5, 5.41) is 0. The van der Waals surface area contributed by atoms with Gasteiger partial charge in [-0.1, -0.05) is 6.07 Å². The standard InChI is InChI=1S/C17H22N4O3/c1-19-8-9-20(11-14(19)16(18)23)17(24)12-4-2-5-13(10-12)21-7-3-6-15(21)22/h2,4-5,10,14H,3,6-9,11H2,1H3,(H2,18,23). The predicted molar refractivity (Wildman–Crippen MR) is 89.5 cm³/mol. The van der Waals surface area contributed by atoms with Crippen molar-refractivity contribution in [3.8, 4) is 0 Å². The highest BCUT2D eigenvalue weighted by Gasteiger charge is 2.31. The Bertz CT molecular complexity index is 676. The van der Waals surface area contributed by atoms with Crippen molar-refractivity contribution >= 4 is 23.4 Å². The van der Waals surface area contributed by atoms with Gasteiger partial charge in [0.25, 0.3) is 5.91 Å². The predicted octanol–water partition coefficient (Wildman–Crippen LogP) is 0.0549. The Kier molecular flexibility index (Phi) is 4.53. The fraction of sp³-hybridized carbons (Fsp3) is 0.471. The average Bonchev–Trinajstić information content (AvgIpc) is 3.00. The van der Waals surface area contributed by atoms with Gasteiger partial charge in [0.15, 0.2) is 0 Å². The van der Waals surface area contributed by atoms with E-state index in [2.05, 4.69) is 0 Å². The summed E-state index contributed by atoms with van der Waals surface area (Å²) < 4.78 is 0. The molecule has 3 rings (SSSR count). The fourth-order valence-corrected chi connectivity index (χ4v) is 3.28. The van der Waals surface area contributed by atoms with E-state index in [1.54, 1.807) is 28.0 Å². The largest absolute Gasteiger partial charge is 0.368 e. The number of carbonyl (C=O) groups excluding carboxylic acids is 3. The molecule has 2 aliphatic heterocycles. The molecule has 2 fully saturated rings. The van der Waals surface area contributed by atoms with Crippen molar-refractivity contribution in [2.45, 2.75) is 18.9 Å². The van der Waals surface area contributed by atoms with Crippen LogP contribution in [0.25, 0.3) is 0 Å². The highest BCUT2D eigenvalue weighted by atomic mass is 16.2. The first-order chi connectivity index (χ1) is 11.5. The zero-order valence-electron chi connectivity index (χ0n) is 13.8. The molecular formula is C17H22N4O3. The van der Waals surface area contributed by atoms with Crippen molar-refractivity contribution < 1.29 is 14.4 Å². The van der Waals surface area contributed by atoms with Gasteiger partial charge < -0.3 is 15.5 Å². The molecule has 2 N–H and O–H groups in total. The Hall–Kier alpha value is -2.41. The molecule has 2 saturated heterocycles. The summed E-state index contributed by atoms with van der Waals surface area (Å²) >= 11 is 0. The van der Waals surface area contributed by atoms with Gasteiger partial charge in [-0.15, -0.1) is 0 Å². The van der Waals surface area contributed by atoms with Crippen molar-refractivity contribution in [1.29, 1.82) is 0 Å². The van der Waals surface area contributed by atoms with Crippen LogP contribution in [0.15, 0.2) is 24.3 Å². The first-order valence-corrected chi connectivity index (χ1v) is 8.16. The second-order valence-corrected chi connectivity index (χ2v) is 6.35. The zero-order valence-corrected chi connectivity index (χ0v) is 13.8. The summed E-state index contributed by atoms with van der Waals surface area (Å²) in [6, 6.07) is 6.66. The van der Waals surface area contributed by atoms with E-state index in [0.29, 0.717) is 31.6 Å². The molecule has 24 heavy (non-hydrogen) atoms. The smallest absolute Gasteiger partial charge is 0.254 e. The van der Waals surface area contributed by atoms with Crippen molar-refractivity contribution in [2.24, 2.45) is 5.73 Å². The summed E-state index contributed by atoms with van der Waals surface area (Å²) in [5.41, 5.74) is 6.70. The van der Waals surface area contributed by atoms with Crippen LogP contribution < -0.4 is 10.6 Å². The van der Waals surface area contributed by atoms with E-state index < -0.39 is 11.9 Å². The molecule has 128 valence electrons. The van der Waals surface area contributed by atoms with E-state index in [0.717, 1.165) is 12.1 Å². The SMILES string of the molecule is CN1CCN(C(=O)c2cccc(N3CCCC3=O)c2)CC1C(N)=O. The monoisotopic (exact) mass is 330 g/mol. The van der Waals surface area contributed by atoms with Gasteiger partial charge in [-0.05, 0) is 31.7 Å². The molecule has 0 bridgehead atoms. The van der Waals surface area contributed by atoms with Crippen LogP contribution in [-0.4, -0.2) is 66.8 Å². The lowest BCUT2D eigenvalue weighted by Gasteiger charge is -2.37.